The van der Waals surface area contributed by atoms with Gasteiger partial charge in [0.15, 0.2) is 0 Å². The van der Waals surface area contributed by atoms with E-state index >= 15 is 0 Å². The second-order valence-electron chi connectivity index (χ2n) is 4.18. The molecular weight excluding hydrogens is 159 g/mol. The predicted molar refractivity (Wildman–Crippen MR) is 41.8 cm³/mol. The average Bonchev–Trinajstić information content (AvgIpc) is 1.25. The van der Waals surface area contributed by atoms with E-state index in [-0.39, 0.29) is 0 Å². The first-order valence-corrected chi connectivity index (χ1v) is 4.94. The van der Waals surface area contributed by atoms with Gasteiger partial charge in [0.25, 0.3) is 0 Å². The summed E-state index contributed by atoms with van der Waals surface area (Å²) in [5.41, 5.74) is 0.458. The molecule has 0 saturated carbocycles. The van der Waals surface area contributed by atoms with Crippen molar-refractivity contribution in [2.45, 2.75) is 26.3 Å². The van der Waals surface area contributed by atoms with Gasteiger partial charge in [-0.25, -0.2) is 0 Å². The van der Waals surface area contributed by atoms with Crippen LogP contribution in [0.25, 0.3) is 0 Å². The molecule has 0 atom stereocenters. The van der Waals surface area contributed by atoms with Crippen LogP contribution in [0.1, 0.15) is 20.8 Å². The zero-order chi connectivity index (χ0) is 7.00. The van der Waals surface area contributed by atoms with E-state index in [0.717, 1.165) is 16.7 Å². The molecule has 0 amide bonds. The van der Waals surface area contributed by atoms with Gasteiger partial charge < -0.3 is 0 Å². The molecule has 0 heterocycles. The Morgan fingerprint density at radius 3 is 1.25 bits per heavy atom. The van der Waals surface area contributed by atoms with E-state index in [0.29, 0.717) is 5.54 Å². The number of hydrogen-bond acceptors (Lipinski definition) is 0. The molecule has 0 aromatic rings. The standard InChI is InChI=1S/C6H18GeN/c1-6(2,3)8(4,5)7/h1-5,7H3/q+1. The van der Waals surface area contributed by atoms with Crippen molar-refractivity contribution in [3.63, 3.8) is 0 Å². The minimum atomic E-state index is 0.458. The Labute approximate surface area is 61.1 Å². The monoisotopic (exact) mass is 178 g/mol. The summed E-state index contributed by atoms with van der Waals surface area (Å²) in [6, 6.07) is 0. The fourth-order valence-electron chi connectivity index (χ4n) is 0. The first-order chi connectivity index (χ1) is 3.25. The van der Waals surface area contributed by atoms with Crippen LogP contribution in [-0.2, 0) is 0 Å². The third-order valence-electron chi connectivity index (χ3n) is 2.01. The first kappa shape index (κ1) is 8.50. The van der Waals surface area contributed by atoms with E-state index in [1.54, 1.807) is 0 Å². The Hall–Kier alpha value is 0.503. The molecule has 0 aliphatic rings. The van der Waals surface area contributed by atoms with Crippen LogP contribution >= 0.6 is 0 Å². The Bertz CT molecular complexity index is 63.5. The molecule has 8 heavy (non-hydrogen) atoms. The van der Waals surface area contributed by atoms with Crippen LogP contribution in [0.15, 0.2) is 0 Å². The van der Waals surface area contributed by atoms with Crippen molar-refractivity contribution in [1.29, 1.82) is 0 Å². The Kier molecular flexibility index (Phi) is 2.16. The summed E-state index contributed by atoms with van der Waals surface area (Å²) in [7, 11) is 4.58. The topological polar surface area (TPSA) is 0 Å². The quantitative estimate of drug-likeness (QED) is 0.461. The maximum atomic E-state index is 2.29. The second kappa shape index (κ2) is 2.03. The van der Waals surface area contributed by atoms with Crippen molar-refractivity contribution in [2.75, 3.05) is 14.1 Å². The summed E-state index contributed by atoms with van der Waals surface area (Å²) in [5, 5.41) is 0. The molecule has 0 unspecified atom stereocenters. The van der Waals surface area contributed by atoms with Crippen molar-refractivity contribution < 1.29 is 3.44 Å². The Balaban J connectivity index is 4.02. The van der Waals surface area contributed by atoms with Gasteiger partial charge >= 0.3 is 60.6 Å². The predicted octanol–water partition coefficient (Wildman–Crippen LogP) is 0.142. The van der Waals surface area contributed by atoms with Crippen molar-refractivity contribution in [3.05, 3.63) is 0 Å². The van der Waals surface area contributed by atoms with Crippen LogP contribution in [0.5, 0.6) is 0 Å². The third kappa shape index (κ3) is 2.18. The van der Waals surface area contributed by atoms with E-state index in [1.807, 2.05) is 0 Å². The minimum absolute atomic E-state index is 0.458. The number of rotatable bonds is 0. The molecule has 0 rings (SSSR count). The number of hydrogen-bond donors (Lipinski definition) is 0. The zero-order valence-corrected chi connectivity index (χ0v) is 11.1. The molecule has 0 aromatic heterocycles. The molecule has 0 aromatic carbocycles. The van der Waals surface area contributed by atoms with Crippen LogP contribution < -0.4 is 0 Å². The third-order valence-corrected chi connectivity index (χ3v) is 4.83. The van der Waals surface area contributed by atoms with Crippen molar-refractivity contribution in [3.8, 4) is 0 Å². The van der Waals surface area contributed by atoms with Gasteiger partial charge in [0.1, 0.15) is 0 Å². The Morgan fingerprint density at radius 1 is 1.12 bits per heavy atom. The molecule has 0 fully saturated rings. The van der Waals surface area contributed by atoms with Crippen molar-refractivity contribution in [2.24, 2.45) is 0 Å². The van der Waals surface area contributed by atoms with Crippen LogP contribution in [0.2, 0.25) is 0 Å². The molecule has 1 nitrogen and oxygen atoms in total. The van der Waals surface area contributed by atoms with E-state index in [1.165, 1.54) is 3.44 Å². The molecule has 0 bridgehead atoms. The number of nitrogens with zero attached hydrogens (tertiary/aromatic N) is 1. The van der Waals surface area contributed by atoms with Gasteiger partial charge in [-0.15, -0.1) is 0 Å². The van der Waals surface area contributed by atoms with Gasteiger partial charge in [-0.2, -0.15) is 0 Å². The van der Waals surface area contributed by atoms with Crippen LogP contribution in [-0.4, -0.2) is 39.8 Å². The fraction of sp³-hybridized carbons (Fsp3) is 1.00. The fourth-order valence-corrected chi connectivity index (χ4v) is 0. The van der Waals surface area contributed by atoms with Crippen molar-refractivity contribution >= 4 is 16.7 Å². The van der Waals surface area contributed by atoms with Gasteiger partial charge in [-0.3, -0.25) is 0 Å². The van der Waals surface area contributed by atoms with E-state index < -0.39 is 0 Å². The molecule has 50 valence electrons. The zero-order valence-electron chi connectivity index (χ0n) is 6.95. The molecule has 0 spiro atoms. The average molecular weight is 177 g/mol. The summed E-state index contributed by atoms with van der Waals surface area (Å²) in [4.78, 5) is 0. The summed E-state index contributed by atoms with van der Waals surface area (Å²) < 4.78 is 1.21. The summed E-state index contributed by atoms with van der Waals surface area (Å²) in [6.07, 6.45) is 0. The Morgan fingerprint density at radius 2 is 1.25 bits per heavy atom. The first-order valence-electron chi connectivity index (χ1n) is 3.07. The molecule has 0 N–H and O–H groups in total. The second-order valence-corrected chi connectivity index (χ2v) is 8.87. The van der Waals surface area contributed by atoms with Gasteiger partial charge in [0.05, 0.1) is 0 Å². The molecule has 0 saturated heterocycles. The molecule has 0 aliphatic carbocycles. The summed E-state index contributed by atoms with van der Waals surface area (Å²) in [6.45, 7) is 6.87. The summed E-state index contributed by atoms with van der Waals surface area (Å²) >= 11 is 0.880. The van der Waals surface area contributed by atoms with E-state index in [2.05, 4.69) is 34.9 Å². The normalized spacial score (nSPS) is 14.6. The molecule has 2 heteroatoms. The SMILES string of the molecule is CC(C)(C)[N+](C)(C)[GeH3]. The number of quaternary nitrogens is 1. The van der Waals surface area contributed by atoms with Crippen LogP contribution in [0, 0.1) is 0 Å². The summed E-state index contributed by atoms with van der Waals surface area (Å²) in [5.74, 6) is 0. The van der Waals surface area contributed by atoms with E-state index in [4.69, 9.17) is 0 Å². The van der Waals surface area contributed by atoms with Crippen LogP contribution in [0.3, 0.4) is 0 Å². The maximum absolute atomic E-state index is 2.29. The molecular formula is C6H18GeN+. The van der Waals surface area contributed by atoms with Gasteiger partial charge in [-0.05, 0) is 0 Å². The van der Waals surface area contributed by atoms with E-state index in [9.17, 15) is 0 Å². The van der Waals surface area contributed by atoms with Gasteiger partial charge in [-0.1, -0.05) is 0 Å². The van der Waals surface area contributed by atoms with Gasteiger partial charge in [0.2, 0.25) is 0 Å². The molecule has 0 radical (unpaired) electrons. The van der Waals surface area contributed by atoms with Crippen molar-refractivity contribution in [1.82, 2.24) is 0 Å². The molecule has 0 aliphatic heterocycles. The van der Waals surface area contributed by atoms with Crippen LogP contribution in [0.4, 0.5) is 0 Å². The van der Waals surface area contributed by atoms with Gasteiger partial charge in [0, 0.05) is 0 Å².